The Kier molecular flexibility index (Phi) is 6.92. The van der Waals surface area contributed by atoms with E-state index in [1.807, 2.05) is 83.4 Å². The van der Waals surface area contributed by atoms with Gasteiger partial charge in [-0.2, -0.15) is 0 Å². The molecule has 0 spiro atoms. The molecule has 0 radical (unpaired) electrons. The van der Waals surface area contributed by atoms with Crippen LogP contribution in [0.4, 0.5) is 0 Å². The highest BCUT2D eigenvalue weighted by Crippen LogP contribution is 2.35. The maximum absolute atomic E-state index is 13.2. The molecule has 2 aromatic heterocycles. The van der Waals surface area contributed by atoms with Crippen molar-refractivity contribution in [1.29, 1.82) is 0 Å². The van der Waals surface area contributed by atoms with Gasteiger partial charge in [0.05, 0.1) is 19.1 Å². The van der Waals surface area contributed by atoms with E-state index in [-0.39, 0.29) is 12.7 Å². The molecule has 39 heavy (non-hydrogen) atoms. The molecule has 1 amide bonds. The molecule has 196 valence electrons. The van der Waals surface area contributed by atoms with Gasteiger partial charge in [0.2, 0.25) is 12.6 Å². The van der Waals surface area contributed by atoms with Crippen LogP contribution >= 0.6 is 11.8 Å². The number of nitrogens with zero attached hydrogens (tertiary/aromatic N) is 3. The Morgan fingerprint density at radius 3 is 2.72 bits per heavy atom. The van der Waals surface area contributed by atoms with Gasteiger partial charge in [-0.25, -0.2) is 0 Å². The fourth-order valence-electron chi connectivity index (χ4n) is 4.30. The number of methoxy groups -OCH3 is 1. The third-order valence-corrected chi connectivity index (χ3v) is 7.19. The molecule has 1 aliphatic rings. The summed E-state index contributed by atoms with van der Waals surface area (Å²) in [4.78, 5) is 13.2. The smallest absolute Gasteiger partial charge is 0.251 e. The summed E-state index contributed by atoms with van der Waals surface area (Å²) < 4.78 is 24.0. The number of nitrogens with one attached hydrogen (secondary N) is 1. The maximum atomic E-state index is 13.2. The average Bonchev–Trinajstić information content (AvgIpc) is 3.75. The van der Waals surface area contributed by atoms with Crippen molar-refractivity contribution in [3.05, 3.63) is 102 Å². The van der Waals surface area contributed by atoms with Crippen molar-refractivity contribution >= 4 is 17.7 Å². The fraction of sp³-hybridized carbons (Fsp3) is 0.138. The molecular formula is C29H24N4O5S. The first-order valence-electron chi connectivity index (χ1n) is 12.2. The topological polar surface area (TPSA) is 101 Å². The van der Waals surface area contributed by atoms with Gasteiger partial charge in [-0.05, 0) is 53.6 Å². The van der Waals surface area contributed by atoms with Gasteiger partial charge in [0, 0.05) is 17.9 Å². The maximum Gasteiger partial charge on any atom is 0.251 e. The van der Waals surface area contributed by atoms with E-state index >= 15 is 0 Å². The lowest BCUT2D eigenvalue weighted by molar-refractivity contribution is 0.0950. The van der Waals surface area contributed by atoms with Crippen LogP contribution in [0.25, 0.3) is 17.3 Å². The van der Waals surface area contributed by atoms with Gasteiger partial charge < -0.3 is 23.9 Å². The minimum absolute atomic E-state index is 0.161. The number of thioether (sulfide) groups is 1. The zero-order valence-electron chi connectivity index (χ0n) is 21.0. The number of carbonyl (C=O) groups excluding carboxylic acids is 1. The highest BCUT2D eigenvalue weighted by atomic mass is 32.2. The van der Waals surface area contributed by atoms with Crippen LogP contribution in [0.5, 0.6) is 17.2 Å². The standard InChI is InChI=1S/C29H24N4O5S/c1-35-23-10-5-4-9-22(23)33-27(25-11-6-14-36-25)31-32-29(33)39-17-20-7-2-3-8-21(20)28(34)30-16-19-12-13-24-26(15-19)38-18-37-24/h2-15H,16-18H2,1H3,(H,30,34). The van der Waals surface area contributed by atoms with Crippen molar-refractivity contribution in [1.82, 2.24) is 20.1 Å². The Balaban J connectivity index is 1.23. The Morgan fingerprint density at radius 1 is 1.00 bits per heavy atom. The molecule has 10 heteroatoms. The molecule has 0 unspecified atom stereocenters. The average molecular weight is 541 g/mol. The van der Waals surface area contributed by atoms with Crippen LogP contribution in [-0.4, -0.2) is 34.6 Å². The van der Waals surface area contributed by atoms with E-state index in [1.54, 1.807) is 13.4 Å². The third-order valence-electron chi connectivity index (χ3n) is 6.21. The number of hydrogen-bond acceptors (Lipinski definition) is 8. The molecular weight excluding hydrogens is 516 g/mol. The molecule has 0 fully saturated rings. The van der Waals surface area contributed by atoms with Crippen molar-refractivity contribution in [3.63, 3.8) is 0 Å². The van der Waals surface area contributed by atoms with Crippen LogP contribution in [0, 0.1) is 0 Å². The van der Waals surface area contributed by atoms with Crippen molar-refractivity contribution in [2.45, 2.75) is 17.5 Å². The zero-order valence-corrected chi connectivity index (χ0v) is 21.8. The van der Waals surface area contributed by atoms with E-state index < -0.39 is 0 Å². The van der Waals surface area contributed by atoms with Crippen LogP contribution in [-0.2, 0) is 12.3 Å². The highest BCUT2D eigenvalue weighted by Gasteiger charge is 2.21. The fourth-order valence-corrected chi connectivity index (χ4v) is 5.25. The van der Waals surface area contributed by atoms with Crippen molar-refractivity contribution in [2.24, 2.45) is 0 Å². The molecule has 0 saturated carbocycles. The molecule has 9 nitrogen and oxygen atoms in total. The number of carbonyl (C=O) groups is 1. The highest BCUT2D eigenvalue weighted by molar-refractivity contribution is 7.98. The molecule has 5 aromatic rings. The molecule has 3 heterocycles. The largest absolute Gasteiger partial charge is 0.495 e. The van der Waals surface area contributed by atoms with Crippen LogP contribution in [0.2, 0.25) is 0 Å². The van der Waals surface area contributed by atoms with Crippen LogP contribution in [0.15, 0.2) is 94.7 Å². The number of ether oxygens (including phenoxy) is 3. The number of fused-ring (bicyclic) bond motifs is 1. The lowest BCUT2D eigenvalue weighted by atomic mass is 10.1. The van der Waals surface area contributed by atoms with Gasteiger partial charge in [0.1, 0.15) is 5.75 Å². The minimum Gasteiger partial charge on any atom is -0.495 e. The lowest BCUT2D eigenvalue weighted by Gasteiger charge is -2.14. The Bertz CT molecular complexity index is 1620. The first-order valence-corrected chi connectivity index (χ1v) is 13.2. The first-order chi connectivity index (χ1) is 19.2. The lowest BCUT2D eigenvalue weighted by Crippen LogP contribution is -2.23. The van der Waals surface area contributed by atoms with Gasteiger partial charge in [-0.15, -0.1) is 10.2 Å². The summed E-state index contributed by atoms with van der Waals surface area (Å²) >= 11 is 1.47. The van der Waals surface area contributed by atoms with Crippen LogP contribution in [0.1, 0.15) is 21.5 Å². The summed E-state index contributed by atoms with van der Waals surface area (Å²) in [7, 11) is 1.63. The summed E-state index contributed by atoms with van der Waals surface area (Å²) in [6.45, 7) is 0.579. The molecule has 3 aromatic carbocycles. The van der Waals surface area contributed by atoms with Gasteiger partial charge in [0.15, 0.2) is 22.4 Å². The predicted octanol–water partition coefficient (Wildman–Crippen LogP) is 5.49. The first kappa shape index (κ1) is 24.6. The molecule has 0 aliphatic carbocycles. The van der Waals surface area contributed by atoms with Crippen molar-refractivity contribution < 1.29 is 23.4 Å². The van der Waals surface area contributed by atoms with E-state index in [4.69, 9.17) is 18.6 Å². The second kappa shape index (κ2) is 11.0. The number of hydrogen-bond donors (Lipinski definition) is 1. The summed E-state index contributed by atoms with van der Waals surface area (Å²) in [5.74, 6) is 3.56. The SMILES string of the molecule is COc1ccccc1-n1c(SCc2ccccc2C(=O)NCc2ccc3c(c2)OCO3)nnc1-c1ccco1. The van der Waals surface area contributed by atoms with E-state index in [9.17, 15) is 4.79 Å². The number of amides is 1. The predicted molar refractivity (Wildman–Crippen MR) is 145 cm³/mol. The monoisotopic (exact) mass is 540 g/mol. The van der Waals surface area contributed by atoms with Gasteiger partial charge in [0.25, 0.3) is 5.91 Å². The summed E-state index contributed by atoms with van der Waals surface area (Å²) in [5, 5.41) is 12.5. The molecule has 6 rings (SSSR count). The van der Waals surface area contributed by atoms with E-state index in [0.717, 1.165) is 16.8 Å². The van der Waals surface area contributed by atoms with E-state index in [1.165, 1.54) is 11.8 Å². The van der Waals surface area contributed by atoms with Crippen LogP contribution < -0.4 is 19.5 Å². The normalized spacial score (nSPS) is 11.9. The summed E-state index contributed by atoms with van der Waals surface area (Å²) in [5.41, 5.74) is 3.18. The second-order valence-corrected chi connectivity index (χ2v) is 9.55. The van der Waals surface area contributed by atoms with E-state index in [2.05, 4.69) is 15.5 Å². The quantitative estimate of drug-likeness (QED) is 0.245. The van der Waals surface area contributed by atoms with Crippen molar-refractivity contribution in [3.8, 4) is 34.5 Å². The molecule has 1 N–H and O–H groups in total. The van der Waals surface area contributed by atoms with E-state index in [0.29, 0.717) is 51.9 Å². The summed E-state index contributed by atoms with van der Waals surface area (Å²) in [6.07, 6.45) is 1.60. The number of furan rings is 1. The summed E-state index contributed by atoms with van der Waals surface area (Å²) in [6, 6.07) is 24.5. The van der Waals surface area contributed by atoms with Gasteiger partial charge >= 0.3 is 0 Å². The Hall–Kier alpha value is -4.70. The number of rotatable bonds is 9. The minimum atomic E-state index is -0.161. The number of benzene rings is 3. The molecule has 0 bridgehead atoms. The van der Waals surface area contributed by atoms with Gasteiger partial charge in [-0.1, -0.05) is 48.2 Å². The molecule has 1 aliphatic heterocycles. The Labute approximate surface area is 228 Å². The van der Waals surface area contributed by atoms with Gasteiger partial charge in [-0.3, -0.25) is 9.36 Å². The zero-order chi connectivity index (χ0) is 26.6. The van der Waals surface area contributed by atoms with Crippen LogP contribution in [0.3, 0.4) is 0 Å². The Morgan fingerprint density at radius 2 is 1.85 bits per heavy atom. The molecule has 0 atom stereocenters. The third kappa shape index (κ3) is 5.06. The number of aromatic nitrogens is 3. The number of para-hydroxylation sites is 2. The molecule has 0 saturated heterocycles. The second-order valence-electron chi connectivity index (χ2n) is 8.61. The van der Waals surface area contributed by atoms with Crippen molar-refractivity contribution in [2.75, 3.05) is 13.9 Å².